The van der Waals surface area contributed by atoms with Gasteiger partial charge < -0.3 is 5.32 Å². The highest BCUT2D eigenvalue weighted by atomic mass is 35.5. The lowest BCUT2D eigenvalue weighted by atomic mass is 10.2. The number of hydrogen-bond acceptors (Lipinski definition) is 1. The van der Waals surface area contributed by atoms with Gasteiger partial charge in [0.05, 0.1) is 6.54 Å². The van der Waals surface area contributed by atoms with E-state index in [4.69, 9.17) is 23.2 Å². The Balaban J connectivity index is 2.57. The predicted octanol–water partition coefficient (Wildman–Crippen LogP) is 3.98. The number of rotatable bonds is 5. The van der Waals surface area contributed by atoms with Crippen molar-refractivity contribution in [1.82, 2.24) is 5.32 Å². The van der Waals surface area contributed by atoms with Crippen LogP contribution in [0, 0.1) is 0 Å². The quantitative estimate of drug-likeness (QED) is 0.809. The molecule has 0 fully saturated rings. The van der Waals surface area contributed by atoms with Crippen LogP contribution in [0.15, 0.2) is 18.2 Å². The Kier molecular flexibility index (Phi) is 5.04. The van der Waals surface area contributed by atoms with Crippen LogP contribution in [0.5, 0.6) is 0 Å². The van der Waals surface area contributed by atoms with Crippen molar-refractivity contribution in [2.75, 3.05) is 6.54 Å². The molecular formula is C10H9Cl2F4N. The van der Waals surface area contributed by atoms with Crippen molar-refractivity contribution in [3.63, 3.8) is 0 Å². The zero-order chi connectivity index (χ0) is 13.1. The lowest BCUT2D eigenvalue weighted by molar-refractivity contribution is -0.125. The highest BCUT2D eigenvalue weighted by Crippen LogP contribution is 2.25. The lowest BCUT2D eigenvalue weighted by Gasteiger charge is -2.16. The highest BCUT2D eigenvalue weighted by molar-refractivity contribution is 6.35. The van der Waals surface area contributed by atoms with Gasteiger partial charge in [0.2, 0.25) is 0 Å². The van der Waals surface area contributed by atoms with E-state index >= 15 is 0 Å². The highest BCUT2D eigenvalue weighted by Gasteiger charge is 2.40. The zero-order valence-electron chi connectivity index (χ0n) is 8.49. The summed E-state index contributed by atoms with van der Waals surface area (Å²) in [6.07, 6.45) is -3.70. The molecule has 0 saturated heterocycles. The first-order valence-electron chi connectivity index (χ1n) is 4.64. The van der Waals surface area contributed by atoms with E-state index in [2.05, 4.69) is 5.32 Å². The Hall–Kier alpha value is -0.520. The molecule has 1 aromatic carbocycles. The minimum atomic E-state index is -4.06. The number of halogens is 6. The third kappa shape index (κ3) is 4.01. The van der Waals surface area contributed by atoms with Crippen LogP contribution in [-0.2, 0) is 6.54 Å². The molecule has 0 bridgehead atoms. The molecule has 1 aromatic rings. The molecule has 0 radical (unpaired) electrons. The number of alkyl halides is 4. The summed E-state index contributed by atoms with van der Waals surface area (Å²) in [5, 5.41) is 2.80. The third-order valence-electron chi connectivity index (χ3n) is 2.04. The fraction of sp³-hybridized carbons (Fsp3) is 0.400. The van der Waals surface area contributed by atoms with Crippen LogP contribution in [0.25, 0.3) is 0 Å². The van der Waals surface area contributed by atoms with Crippen molar-refractivity contribution in [1.29, 1.82) is 0 Å². The van der Waals surface area contributed by atoms with Gasteiger partial charge in [0.15, 0.2) is 0 Å². The van der Waals surface area contributed by atoms with Crippen LogP contribution in [0.1, 0.15) is 5.56 Å². The molecule has 0 saturated carbocycles. The first-order chi connectivity index (χ1) is 7.84. The maximum Gasteiger partial charge on any atom is 0.319 e. The van der Waals surface area contributed by atoms with Crippen molar-refractivity contribution in [2.24, 2.45) is 0 Å². The molecule has 1 rings (SSSR count). The van der Waals surface area contributed by atoms with Gasteiger partial charge in [0, 0.05) is 22.2 Å². The summed E-state index contributed by atoms with van der Waals surface area (Å²) in [7, 11) is 0. The molecule has 17 heavy (non-hydrogen) atoms. The Morgan fingerprint density at radius 2 is 1.71 bits per heavy atom. The van der Waals surface area contributed by atoms with Crippen molar-refractivity contribution in [3.05, 3.63) is 33.8 Å². The first kappa shape index (κ1) is 14.5. The van der Waals surface area contributed by atoms with Gasteiger partial charge >= 0.3 is 12.3 Å². The summed E-state index contributed by atoms with van der Waals surface area (Å²) in [4.78, 5) is 0. The Bertz CT molecular complexity index is 364. The monoisotopic (exact) mass is 289 g/mol. The molecule has 0 aromatic heterocycles. The second kappa shape index (κ2) is 5.89. The maximum atomic E-state index is 12.6. The molecule has 96 valence electrons. The largest absolute Gasteiger partial charge is 0.319 e. The molecule has 0 spiro atoms. The normalized spacial score (nSPS) is 12.2. The Labute approximate surface area is 106 Å². The van der Waals surface area contributed by atoms with E-state index in [0.717, 1.165) is 0 Å². The molecule has 7 heteroatoms. The van der Waals surface area contributed by atoms with E-state index in [1.54, 1.807) is 6.07 Å². The van der Waals surface area contributed by atoms with Gasteiger partial charge in [-0.25, -0.2) is 8.78 Å². The van der Waals surface area contributed by atoms with Crippen LogP contribution in [0.2, 0.25) is 10.0 Å². The van der Waals surface area contributed by atoms with Crippen LogP contribution < -0.4 is 5.32 Å². The predicted molar refractivity (Wildman–Crippen MR) is 59.1 cm³/mol. The molecule has 0 aliphatic heterocycles. The molecule has 0 aliphatic rings. The average molecular weight is 290 g/mol. The van der Waals surface area contributed by atoms with Gasteiger partial charge in [-0.2, -0.15) is 8.78 Å². The van der Waals surface area contributed by atoms with Crippen LogP contribution in [0.4, 0.5) is 17.6 Å². The van der Waals surface area contributed by atoms with Crippen molar-refractivity contribution in [3.8, 4) is 0 Å². The molecule has 0 amide bonds. The number of nitrogens with one attached hydrogen (secondary N) is 1. The van der Waals surface area contributed by atoms with E-state index in [9.17, 15) is 17.6 Å². The minimum Gasteiger partial charge on any atom is -0.307 e. The summed E-state index contributed by atoms with van der Waals surface area (Å²) in [5.41, 5.74) is 0.404. The van der Waals surface area contributed by atoms with Crippen LogP contribution in [-0.4, -0.2) is 18.9 Å². The van der Waals surface area contributed by atoms with E-state index in [0.29, 0.717) is 15.6 Å². The fourth-order valence-electron chi connectivity index (χ4n) is 1.13. The minimum absolute atomic E-state index is 0.0964. The van der Waals surface area contributed by atoms with Crippen molar-refractivity contribution < 1.29 is 17.6 Å². The summed E-state index contributed by atoms with van der Waals surface area (Å²) in [6, 6.07) is 4.67. The summed E-state index contributed by atoms with van der Waals surface area (Å²) in [5.74, 6) is -4.06. The van der Waals surface area contributed by atoms with E-state index < -0.39 is 18.9 Å². The van der Waals surface area contributed by atoms with E-state index in [1.165, 1.54) is 12.1 Å². The van der Waals surface area contributed by atoms with E-state index in [1.807, 2.05) is 0 Å². The molecule has 0 atom stereocenters. The Morgan fingerprint density at radius 3 is 2.18 bits per heavy atom. The molecular weight excluding hydrogens is 281 g/mol. The SMILES string of the molecule is FC(F)C(F)(F)CNCc1c(Cl)cccc1Cl. The topological polar surface area (TPSA) is 12.0 Å². The van der Waals surface area contributed by atoms with Gasteiger partial charge in [0.25, 0.3) is 0 Å². The first-order valence-corrected chi connectivity index (χ1v) is 5.40. The molecule has 0 aliphatic carbocycles. The van der Waals surface area contributed by atoms with Gasteiger partial charge in [-0.3, -0.25) is 0 Å². The third-order valence-corrected chi connectivity index (χ3v) is 2.75. The number of hydrogen-bond donors (Lipinski definition) is 1. The Morgan fingerprint density at radius 1 is 1.18 bits per heavy atom. The van der Waals surface area contributed by atoms with Crippen molar-refractivity contribution >= 4 is 23.2 Å². The van der Waals surface area contributed by atoms with Crippen LogP contribution in [0.3, 0.4) is 0 Å². The maximum absolute atomic E-state index is 12.6. The average Bonchev–Trinajstić information content (AvgIpc) is 2.22. The summed E-state index contributed by atoms with van der Waals surface area (Å²) >= 11 is 11.6. The zero-order valence-corrected chi connectivity index (χ0v) is 10.0. The van der Waals surface area contributed by atoms with E-state index in [-0.39, 0.29) is 6.54 Å². The van der Waals surface area contributed by atoms with Gasteiger partial charge in [-0.1, -0.05) is 29.3 Å². The summed E-state index contributed by atoms with van der Waals surface area (Å²) < 4.78 is 48.9. The van der Waals surface area contributed by atoms with Gasteiger partial charge in [-0.15, -0.1) is 0 Å². The second-order valence-electron chi connectivity index (χ2n) is 3.37. The molecule has 0 heterocycles. The summed E-state index contributed by atoms with van der Waals surface area (Å²) in [6.45, 7) is -1.23. The standard InChI is InChI=1S/C10H9Cl2F4N/c11-7-2-1-3-8(12)6(7)4-17-5-10(15,16)9(13)14/h1-3,9,17H,4-5H2. The number of benzene rings is 1. The molecule has 1 nitrogen and oxygen atoms in total. The lowest BCUT2D eigenvalue weighted by Crippen LogP contribution is -2.38. The molecule has 0 unspecified atom stereocenters. The van der Waals surface area contributed by atoms with Crippen LogP contribution >= 0.6 is 23.2 Å². The fourth-order valence-corrected chi connectivity index (χ4v) is 1.66. The van der Waals surface area contributed by atoms with Crippen molar-refractivity contribution in [2.45, 2.75) is 18.9 Å². The smallest absolute Gasteiger partial charge is 0.307 e. The van der Waals surface area contributed by atoms with Gasteiger partial charge in [0.1, 0.15) is 0 Å². The van der Waals surface area contributed by atoms with Gasteiger partial charge in [-0.05, 0) is 12.1 Å². The molecule has 1 N–H and O–H groups in total. The second-order valence-corrected chi connectivity index (χ2v) is 4.18.